The lowest BCUT2D eigenvalue weighted by atomic mass is 9.96. The third-order valence-electron chi connectivity index (χ3n) is 4.95. The quantitative estimate of drug-likeness (QED) is 0.644. The minimum Gasteiger partial charge on any atom is -0.494 e. The first kappa shape index (κ1) is 19.7. The molecule has 2 aromatic heterocycles. The number of fused-ring (bicyclic) bond motifs is 3. The van der Waals surface area contributed by atoms with E-state index in [0.717, 1.165) is 40.5 Å². The third kappa shape index (κ3) is 3.94. The van der Waals surface area contributed by atoms with E-state index in [1.807, 2.05) is 24.4 Å². The number of benzene rings is 1. The summed E-state index contributed by atoms with van der Waals surface area (Å²) in [5.41, 5.74) is 4.29. The van der Waals surface area contributed by atoms with Gasteiger partial charge >= 0.3 is 0 Å². The second-order valence-corrected chi connectivity index (χ2v) is 9.45. The summed E-state index contributed by atoms with van der Waals surface area (Å²) in [6.07, 6.45) is 0.850. The summed E-state index contributed by atoms with van der Waals surface area (Å²) in [4.78, 5) is 18.9. The number of amides is 1. The van der Waals surface area contributed by atoms with Crippen molar-refractivity contribution in [3.63, 3.8) is 0 Å². The van der Waals surface area contributed by atoms with E-state index in [2.05, 4.69) is 48.9 Å². The van der Waals surface area contributed by atoms with Crippen LogP contribution in [0, 0.1) is 5.41 Å². The van der Waals surface area contributed by atoms with Crippen LogP contribution in [0.3, 0.4) is 0 Å². The van der Waals surface area contributed by atoms with Crippen LogP contribution in [0.25, 0.3) is 21.8 Å². The van der Waals surface area contributed by atoms with Gasteiger partial charge < -0.3 is 14.6 Å². The number of rotatable bonds is 5. The van der Waals surface area contributed by atoms with Gasteiger partial charge in [0.05, 0.1) is 17.2 Å². The van der Waals surface area contributed by atoms with Crippen molar-refractivity contribution in [2.24, 2.45) is 5.41 Å². The molecule has 6 heteroatoms. The Bertz CT molecular complexity index is 1030. The average molecular weight is 410 g/mol. The average Bonchev–Trinajstić information content (AvgIpc) is 3.33. The van der Waals surface area contributed by atoms with E-state index in [-0.39, 0.29) is 11.3 Å². The molecule has 4 rings (SSSR count). The Balaban J connectivity index is 1.80. The Morgan fingerprint density at radius 2 is 2.14 bits per heavy atom. The minimum absolute atomic E-state index is 0.0197. The first-order valence-corrected chi connectivity index (χ1v) is 10.9. The Kier molecular flexibility index (Phi) is 5.21. The maximum atomic E-state index is 13.0. The molecule has 152 valence electrons. The SMILES string of the molecule is CCOc1ccc2c(c1)CCn1c(C(=O)NCC(C)(C)C)nc(-c3cccs3)c1-2. The number of nitrogens with one attached hydrogen (secondary N) is 1. The monoisotopic (exact) mass is 409 g/mol. The van der Waals surface area contributed by atoms with Crippen molar-refractivity contribution >= 4 is 17.2 Å². The second kappa shape index (κ2) is 7.67. The van der Waals surface area contributed by atoms with Gasteiger partial charge in [-0.05, 0) is 54.0 Å². The summed E-state index contributed by atoms with van der Waals surface area (Å²) in [5, 5.41) is 5.10. The van der Waals surface area contributed by atoms with Gasteiger partial charge in [0.1, 0.15) is 11.4 Å². The number of nitrogens with zero attached hydrogens (tertiary/aromatic N) is 2. The van der Waals surface area contributed by atoms with Crippen molar-refractivity contribution in [2.45, 2.75) is 40.7 Å². The Labute approximate surface area is 175 Å². The van der Waals surface area contributed by atoms with Gasteiger partial charge in [-0.15, -0.1) is 11.3 Å². The summed E-state index contributed by atoms with van der Waals surface area (Å²) in [6.45, 7) is 10.3. The van der Waals surface area contributed by atoms with Gasteiger partial charge in [0.25, 0.3) is 5.91 Å². The molecule has 0 atom stereocenters. The van der Waals surface area contributed by atoms with E-state index in [0.29, 0.717) is 19.0 Å². The second-order valence-electron chi connectivity index (χ2n) is 8.51. The van der Waals surface area contributed by atoms with Gasteiger partial charge in [-0.2, -0.15) is 0 Å². The highest BCUT2D eigenvalue weighted by molar-refractivity contribution is 7.13. The topological polar surface area (TPSA) is 56.1 Å². The molecule has 0 fully saturated rings. The van der Waals surface area contributed by atoms with Crippen molar-refractivity contribution in [1.82, 2.24) is 14.9 Å². The molecule has 0 saturated heterocycles. The Morgan fingerprint density at radius 1 is 1.31 bits per heavy atom. The number of ether oxygens (including phenoxy) is 1. The van der Waals surface area contributed by atoms with Crippen LogP contribution in [0.4, 0.5) is 0 Å². The van der Waals surface area contributed by atoms with E-state index in [9.17, 15) is 4.79 Å². The molecule has 0 spiro atoms. The van der Waals surface area contributed by atoms with Gasteiger partial charge in [0.2, 0.25) is 0 Å². The fourth-order valence-electron chi connectivity index (χ4n) is 3.62. The standard InChI is InChI=1S/C23H27N3O2S/c1-5-28-16-8-9-17-15(13-16)10-11-26-20(17)19(18-7-6-12-29-18)25-21(26)22(27)24-14-23(2,3)4/h6-9,12-13H,5,10-11,14H2,1-4H3,(H,24,27). The lowest BCUT2D eigenvalue weighted by molar-refractivity contribution is 0.0924. The molecule has 29 heavy (non-hydrogen) atoms. The van der Waals surface area contributed by atoms with Crippen LogP contribution in [0.2, 0.25) is 0 Å². The molecular formula is C23H27N3O2S. The fourth-order valence-corrected chi connectivity index (χ4v) is 4.34. The van der Waals surface area contributed by atoms with Crippen LogP contribution in [-0.2, 0) is 13.0 Å². The van der Waals surface area contributed by atoms with E-state index >= 15 is 0 Å². The van der Waals surface area contributed by atoms with Crippen molar-refractivity contribution in [2.75, 3.05) is 13.2 Å². The summed E-state index contributed by atoms with van der Waals surface area (Å²) < 4.78 is 7.76. The highest BCUT2D eigenvalue weighted by atomic mass is 32.1. The van der Waals surface area contributed by atoms with Gasteiger partial charge in [-0.1, -0.05) is 26.8 Å². The van der Waals surface area contributed by atoms with Crippen LogP contribution < -0.4 is 10.1 Å². The minimum atomic E-state index is -0.113. The maximum Gasteiger partial charge on any atom is 0.287 e. The highest BCUT2D eigenvalue weighted by Gasteiger charge is 2.29. The van der Waals surface area contributed by atoms with Crippen LogP contribution in [0.15, 0.2) is 35.7 Å². The third-order valence-corrected chi connectivity index (χ3v) is 5.83. The number of imidazole rings is 1. The summed E-state index contributed by atoms with van der Waals surface area (Å²) in [7, 11) is 0. The largest absolute Gasteiger partial charge is 0.494 e. The van der Waals surface area contributed by atoms with E-state index in [1.165, 1.54) is 5.56 Å². The molecule has 0 aliphatic carbocycles. The zero-order valence-electron chi connectivity index (χ0n) is 17.4. The molecule has 1 amide bonds. The highest BCUT2D eigenvalue weighted by Crippen LogP contribution is 2.40. The molecule has 1 aliphatic heterocycles. The number of hydrogen-bond donors (Lipinski definition) is 1. The molecular weight excluding hydrogens is 382 g/mol. The van der Waals surface area contributed by atoms with E-state index in [1.54, 1.807) is 11.3 Å². The lowest BCUT2D eigenvalue weighted by Gasteiger charge is -2.22. The fraction of sp³-hybridized carbons (Fsp3) is 0.391. The molecule has 0 bridgehead atoms. The number of aryl methyl sites for hydroxylation is 1. The Morgan fingerprint density at radius 3 is 2.83 bits per heavy atom. The van der Waals surface area contributed by atoms with Crippen LogP contribution in [-0.4, -0.2) is 28.6 Å². The molecule has 0 saturated carbocycles. The molecule has 0 radical (unpaired) electrons. The lowest BCUT2D eigenvalue weighted by Crippen LogP contribution is -2.34. The molecule has 1 N–H and O–H groups in total. The van der Waals surface area contributed by atoms with E-state index < -0.39 is 0 Å². The van der Waals surface area contributed by atoms with Gasteiger partial charge in [0, 0.05) is 18.7 Å². The maximum absolute atomic E-state index is 13.0. The smallest absolute Gasteiger partial charge is 0.287 e. The van der Waals surface area contributed by atoms with Crippen molar-refractivity contribution < 1.29 is 9.53 Å². The summed E-state index contributed by atoms with van der Waals surface area (Å²) in [6, 6.07) is 10.3. The number of aromatic nitrogens is 2. The number of hydrogen-bond acceptors (Lipinski definition) is 4. The zero-order valence-corrected chi connectivity index (χ0v) is 18.2. The molecule has 1 aliphatic rings. The first-order chi connectivity index (χ1) is 13.9. The molecule has 3 aromatic rings. The van der Waals surface area contributed by atoms with Gasteiger partial charge in [-0.25, -0.2) is 4.98 Å². The van der Waals surface area contributed by atoms with Crippen LogP contribution >= 0.6 is 11.3 Å². The Hall–Kier alpha value is -2.60. The number of carbonyl (C=O) groups is 1. The zero-order chi connectivity index (χ0) is 20.6. The predicted molar refractivity (Wildman–Crippen MR) is 118 cm³/mol. The number of thiophene rings is 1. The van der Waals surface area contributed by atoms with Gasteiger partial charge in [-0.3, -0.25) is 4.79 Å². The summed E-state index contributed by atoms with van der Waals surface area (Å²) >= 11 is 1.65. The number of carbonyl (C=O) groups excluding carboxylic acids is 1. The molecule has 1 aromatic carbocycles. The van der Waals surface area contributed by atoms with Gasteiger partial charge in [0.15, 0.2) is 5.82 Å². The predicted octanol–water partition coefficient (Wildman–Crippen LogP) is 5.01. The van der Waals surface area contributed by atoms with Crippen LogP contribution in [0.5, 0.6) is 5.75 Å². The molecule has 5 nitrogen and oxygen atoms in total. The van der Waals surface area contributed by atoms with E-state index in [4.69, 9.17) is 9.72 Å². The van der Waals surface area contributed by atoms with Crippen LogP contribution in [0.1, 0.15) is 43.9 Å². The first-order valence-electron chi connectivity index (χ1n) is 10.1. The normalized spacial score (nSPS) is 13.0. The van der Waals surface area contributed by atoms with Crippen molar-refractivity contribution in [3.05, 3.63) is 47.1 Å². The molecule has 0 unspecified atom stereocenters. The van der Waals surface area contributed by atoms with Crippen molar-refractivity contribution in [1.29, 1.82) is 0 Å². The molecule has 3 heterocycles. The van der Waals surface area contributed by atoms with Crippen molar-refractivity contribution in [3.8, 4) is 27.6 Å². The summed E-state index contributed by atoms with van der Waals surface area (Å²) in [5.74, 6) is 1.27.